The molecular weight excluding hydrogens is 384 g/mol. The van der Waals surface area contributed by atoms with Crippen molar-refractivity contribution in [1.29, 1.82) is 0 Å². The molecule has 2 aromatic heterocycles. The number of rotatable bonds is 8. The predicted molar refractivity (Wildman–Crippen MR) is 104 cm³/mol. The van der Waals surface area contributed by atoms with Gasteiger partial charge in [-0.05, 0) is 38.3 Å². The molecule has 7 nitrogen and oxygen atoms in total. The van der Waals surface area contributed by atoms with E-state index in [9.17, 15) is 8.42 Å². The van der Waals surface area contributed by atoms with Gasteiger partial charge in [-0.2, -0.15) is 9.29 Å². The number of pyridine rings is 1. The van der Waals surface area contributed by atoms with Crippen LogP contribution in [0.25, 0.3) is 0 Å². The first-order valence-corrected chi connectivity index (χ1v) is 11.8. The highest BCUT2D eigenvalue weighted by molar-refractivity contribution is 7.99. The third-order valence-corrected chi connectivity index (χ3v) is 7.47. The van der Waals surface area contributed by atoms with Crippen molar-refractivity contribution in [3.8, 4) is 0 Å². The minimum absolute atomic E-state index is 0.0510. The average molecular weight is 411 g/mol. The Morgan fingerprint density at radius 3 is 2.70 bits per heavy atom. The van der Waals surface area contributed by atoms with Crippen LogP contribution in [0.1, 0.15) is 62.9 Å². The van der Waals surface area contributed by atoms with Crippen LogP contribution in [0.2, 0.25) is 0 Å². The molecule has 0 aliphatic carbocycles. The van der Waals surface area contributed by atoms with Crippen molar-refractivity contribution < 1.29 is 12.9 Å². The van der Waals surface area contributed by atoms with Crippen molar-refractivity contribution in [3.63, 3.8) is 0 Å². The van der Waals surface area contributed by atoms with Crippen LogP contribution in [0.4, 0.5) is 0 Å². The quantitative estimate of drug-likeness (QED) is 0.611. The maximum absolute atomic E-state index is 12.7. The summed E-state index contributed by atoms with van der Waals surface area (Å²) in [6.07, 6.45) is 7.32. The fraction of sp³-hybridized carbons (Fsp3) is 0.611. The second kappa shape index (κ2) is 9.16. The highest BCUT2D eigenvalue weighted by Crippen LogP contribution is 2.33. The van der Waals surface area contributed by atoms with Gasteiger partial charge in [-0.15, -0.1) is 0 Å². The lowest BCUT2D eigenvalue weighted by molar-refractivity contribution is 0.346. The molecular formula is C18H26N4O3S2. The van der Waals surface area contributed by atoms with E-state index in [0.717, 1.165) is 49.4 Å². The van der Waals surface area contributed by atoms with Gasteiger partial charge in [0, 0.05) is 25.7 Å². The lowest BCUT2D eigenvalue weighted by Gasteiger charge is -2.25. The van der Waals surface area contributed by atoms with Gasteiger partial charge in [-0.1, -0.05) is 36.7 Å². The Morgan fingerprint density at radius 2 is 2.04 bits per heavy atom. The second-order valence-corrected chi connectivity index (χ2v) is 10.0. The zero-order valence-electron chi connectivity index (χ0n) is 15.8. The highest BCUT2D eigenvalue weighted by Gasteiger charge is 2.26. The Balaban J connectivity index is 1.64. The molecule has 3 rings (SSSR count). The van der Waals surface area contributed by atoms with Crippen molar-refractivity contribution in [1.82, 2.24) is 19.4 Å². The molecule has 27 heavy (non-hydrogen) atoms. The molecule has 1 atom stereocenters. The first-order chi connectivity index (χ1) is 13.0. The van der Waals surface area contributed by atoms with Crippen molar-refractivity contribution >= 4 is 21.8 Å². The molecule has 0 bridgehead atoms. The topological polar surface area (TPSA) is 89.2 Å². The van der Waals surface area contributed by atoms with Crippen molar-refractivity contribution in [2.45, 2.75) is 67.5 Å². The van der Waals surface area contributed by atoms with E-state index in [2.05, 4.69) is 22.0 Å². The summed E-state index contributed by atoms with van der Waals surface area (Å²) in [5, 5.41) is 4.69. The monoisotopic (exact) mass is 410 g/mol. The summed E-state index contributed by atoms with van der Waals surface area (Å²) in [5.74, 6) is 1.30. The van der Waals surface area contributed by atoms with Gasteiger partial charge in [0.25, 0.3) is 0 Å². The molecule has 0 radical (unpaired) electrons. The molecule has 2 aromatic rings. The normalized spacial score (nSPS) is 17.1. The maximum Gasteiger partial charge on any atom is 0.244 e. The van der Waals surface area contributed by atoms with Crippen LogP contribution in [0, 0.1) is 0 Å². The smallest absolute Gasteiger partial charge is 0.244 e. The van der Waals surface area contributed by atoms with Gasteiger partial charge in [-0.3, -0.25) is 0 Å². The molecule has 9 heteroatoms. The summed E-state index contributed by atoms with van der Waals surface area (Å²) < 4.78 is 32.2. The zero-order chi connectivity index (χ0) is 19.3. The van der Waals surface area contributed by atoms with Crippen LogP contribution in [-0.4, -0.2) is 40.9 Å². The molecule has 0 aromatic carbocycles. The predicted octanol–water partition coefficient (Wildman–Crippen LogP) is 3.84. The molecule has 1 saturated heterocycles. The fourth-order valence-corrected chi connectivity index (χ4v) is 5.23. The number of unbranched alkanes of at least 4 members (excludes halogenated alkanes) is 1. The number of aromatic nitrogens is 3. The molecule has 1 fully saturated rings. The Morgan fingerprint density at radius 1 is 1.26 bits per heavy atom. The Bertz CT molecular complexity index is 831. The lowest BCUT2D eigenvalue weighted by atomic mass is 10.2. The number of sulfonamides is 1. The number of aryl methyl sites for hydroxylation is 1. The molecule has 0 saturated carbocycles. The van der Waals surface area contributed by atoms with E-state index < -0.39 is 10.0 Å². The Kier molecular flexibility index (Phi) is 6.88. The first-order valence-electron chi connectivity index (χ1n) is 9.46. The third kappa shape index (κ3) is 5.08. The molecule has 1 aliphatic heterocycles. The highest BCUT2D eigenvalue weighted by atomic mass is 32.2. The maximum atomic E-state index is 12.7. The summed E-state index contributed by atoms with van der Waals surface area (Å²) >= 11 is 1.47. The largest absolute Gasteiger partial charge is 0.338 e. The van der Waals surface area contributed by atoms with Crippen LogP contribution in [0.5, 0.6) is 0 Å². The molecule has 0 spiro atoms. The summed E-state index contributed by atoms with van der Waals surface area (Å²) in [5.41, 5.74) is 0. The van der Waals surface area contributed by atoms with Crippen LogP contribution in [0.3, 0.4) is 0 Å². The van der Waals surface area contributed by atoms with E-state index in [1.54, 1.807) is 16.4 Å². The first kappa shape index (κ1) is 20.3. The number of nitrogens with zero attached hydrogens (tertiary/aromatic N) is 4. The van der Waals surface area contributed by atoms with Crippen LogP contribution < -0.4 is 0 Å². The van der Waals surface area contributed by atoms with Gasteiger partial charge in [-0.25, -0.2) is 13.4 Å². The van der Waals surface area contributed by atoms with Crippen molar-refractivity contribution in [2.24, 2.45) is 0 Å². The summed E-state index contributed by atoms with van der Waals surface area (Å²) in [6, 6.07) is 3.37. The standard InChI is InChI=1S/C18H26N4O3S2/c1-3-4-8-16-20-18(25-21-16)14(2)26-17-10-9-15(13-19-17)27(23,24)22-11-6-5-7-12-22/h9-10,13-14H,3-8,11-12H2,1-2H3. The third-order valence-electron chi connectivity index (χ3n) is 4.55. The summed E-state index contributed by atoms with van der Waals surface area (Å²) in [4.78, 5) is 9.01. The van der Waals surface area contributed by atoms with Crippen molar-refractivity contribution in [3.05, 3.63) is 30.0 Å². The minimum Gasteiger partial charge on any atom is -0.338 e. The van der Waals surface area contributed by atoms with Gasteiger partial charge in [0.2, 0.25) is 15.9 Å². The van der Waals surface area contributed by atoms with Gasteiger partial charge in [0.15, 0.2) is 5.82 Å². The van der Waals surface area contributed by atoms with Gasteiger partial charge >= 0.3 is 0 Å². The van der Waals surface area contributed by atoms with E-state index >= 15 is 0 Å². The van der Waals surface area contributed by atoms with Crippen molar-refractivity contribution in [2.75, 3.05) is 13.1 Å². The Hall–Kier alpha value is -1.45. The Labute approximate surface area is 165 Å². The molecule has 0 N–H and O–H groups in total. The zero-order valence-corrected chi connectivity index (χ0v) is 17.4. The van der Waals surface area contributed by atoms with E-state index in [1.807, 2.05) is 6.92 Å². The number of hydrogen-bond donors (Lipinski definition) is 0. The van der Waals surface area contributed by atoms with E-state index in [4.69, 9.17) is 4.52 Å². The minimum atomic E-state index is -3.44. The van der Waals surface area contributed by atoms with Gasteiger partial charge in [0.1, 0.15) is 4.90 Å². The fourth-order valence-electron chi connectivity index (χ4n) is 2.94. The lowest BCUT2D eigenvalue weighted by Crippen LogP contribution is -2.35. The van der Waals surface area contributed by atoms with Crippen LogP contribution >= 0.6 is 11.8 Å². The number of thioether (sulfide) groups is 1. The summed E-state index contributed by atoms with van der Waals surface area (Å²) in [7, 11) is -3.44. The SMILES string of the molecule is CCCCc1noc(C(C)Sc2ccc(S(=O)(=O)N3CCCCC3)cn2)n1. The molecule has 1 aliphatic rings. The number of hydrogen-bond acceptors (Lipinski definition) is 7. The molecule has 148 valence electrons. The average Bonchev–Trinajstić information content (AvgIpc) is 3.16. The second-order valence-electron chi connectivity index (χ2n) is 6.71. The van der Waals surface area contributed by atoms with Gasteiger partial charge < -0.3 is 4.52 Å². The van der Waals surface area contributed by atoms with Crippen LogP contribution in [0.15, 0.2) is 32.8 Å². The number of piperidine rings is 1. The van der Waals surface area contributed by atoms with E-state index in [-0.39, 0.29) is 10.1 Å². The van der Waals surface area contributed by atoms with E-state index in [0.29, 0.717) is 19.0 Å². The molecule has 3 heterocycles. The summed E-state index contributed by atoms with van der Waals surface area (Å²) in [6.45, 7) is 5.28. The molecule has 0 amide bonds. The molecule has 1 unspecified atom stereocenters. The van der Waals surface area contributed by atoms with Crippen LogP contribution in [-0.2, 0) is 16.4 Å². The van der Waals surface area contributed by atoms with E-state index in [1.165, 1.54) is 18.0 Å². The van der Waals surface area contributed by atoms with Gasteiger partial charge in [0.05, 0.1) is 10.3 Å².